The molecule has 1 aromatic rings. The molecule has 1 rings (SSSR count). The van der Waals surface area contributed by atoms with Crippen molar-refractivity contribution >= 4 is 11.8 Å². The van der Waals surface area contributed by atoms with Crippen LogP contribution in [0.5, 0.6) is 0 Å². The molecule has 0 aliphatic heterocycles. The van der Waals surface area contributed by atoms with Crippen LogP contribution in [0.15, 0.2) is 24.4 Å². The van der Waals surface area contributed by atoms with E-state index < -0.39 is 0 Å². The van der Waals surface area contributed by atoms with E-state index in [4.69, 9.17) is 5.73 Å². The summed E-state index contributed by atoms with van der Waals surface area (Å²) >= 11 is 0. The average molecular weight is 248 g/mol. The molecular weight excluding hydrogens is 230 g/mol. The highest BCUT2D eigenvalue weighted by Crippen LogP contribution is 1.99. The Morgan fingerprint density at radius 1 is 1.28 bits per heavy atom. The Balaban J connectivity index is 2.05. The number of carbonyl (C=O) groups is 2. The van der Waals surface area contributed by atoms with Gasteiger partial charge in [-0.05, 0) is 25.0 Å². The van der Waals surface area contributed by atoms with Crippen molar-refractivity contribution in [2.75, 3.05) is 6.54 Å². The van der Waals surface area contributed by atoms with Crippen LogP contribution in [0, 0.1) is 6.42 Å². The maximum absolute atomic E-state index is 11.5. The molecule has 0 bridgehead atoms. The van der Waals surface area contributed by atoms with Gasteiger partial charge in [0.05, 0.1) is 12.1 Å². The fraction of sp³-hybridized carbons (Fsp3) is 0.385. The number of nitrogens with one attached hydrogen (secondary N) is 1. The summed E-state index contributed by atoms with van der Waals surface area (Å²) in [6.07, 6.45) is 6.01. The summed E-state index contributed by atoms with van der Waals surface area (Å²) in [5.41, 5.74) is 5.66. The lowest BCUT2D eigenvalue weighted by Gasteiger charge is -2.04. The van der Waals surface area contributed by atoms with Crippen LogP contribution < -0.4 is 11.1 Å². The van der Waals surface area contributed by atoms with E-state index in [1.165, 1.54) is 6.42 Å². The maximum Gasteiger partial charge on any atom is 0.230 e. The standard InChI is InChI=1S/C13H18N3O2/c14-12(17)7-2-1-4-9-16-13(18)10-11-6-3-5-8-15-11/h3,5-6,8,10H,1-2,4,7,9H2,(H2,14,17)(H,16,18). The Morgan fingerprint density at radius 2 is 2.11 bits per heavy atom. The van der Waals surface area contributed by atoms with Crippen LogP contribution in [0.2, 0.25) is 0 Å². The Kier molecular flexibility index (Phi) is 6.46. The third kappa shape index (κ3) is 6.62. The highest BCUT2D eigenvalue weighted by Gasteiger charge is 2.03. The Hall–Kier alpha value is -1.91. The van der Waals surface area contributed by atoms with Gasteiger partial charge in [-0.1, -0.05) is 12.5 Å². The largest absolute Gasteiger partial charge is 0.370 e. The number of unbranched alkanes of at least 4 members (excludes halogenated alkanes) is 2. The van der Waals surface area contributed by atoms with Crippen LogP contribution in [0.4, 0.5) is 0 Å². The molecule has 1 radical (unpaired) electrons. The molecule has 5 nitrogen and oxygen atoms in total. The minimum absolute atomic E-state index is 0.149. The molecule has 0 saturated carbocycles. The van der Waals surface area contributed by atoms with E-state index in [-0.39, 0.29) is 11.8 Å². The first-order valence-corrected chi connectivity index (χ1v) is 6.00. The third-order valence-corrected chi connectivity index (χ3v) is 2.37. The monoisotopic (exact) mass is 248 g/mol. The predicted molar refractivity (Wildman–Crippen MR) is 68.3 cm³/mol. The van der Waals surface area contributed by atoms with Crippen molar-refractivity contribution < 1.29 is 9.59 Å². The van der Waals surface area contributed by atoms with E-state index in [0.717, 1.165) is 19.3 Å². The molecule has 18 heavy (non-hydrogen) atoms. The third-order valence-electron chi connectivity index (χ3n) is 2.37. The van der Waals surface area contributed by atoms with Gasteiger partial charge in [-0.2, -0.15) is 0 Å². The van der Waals surface area contributed by atoms with E-state index in [1.54, 1.807) is 18.3 Å². The second kappa shape index (κ2) is 8.22. The van der Waals surface area contributed by atoms with Crippen molar-refractivity contribution in [1.29, 1.82) is 0 Å². The van der Waals surface area contributed by atoms with Crippen LogP contribution >= 0.6 is 0 Å². The predicted octanol–water partition coefficient (Wildman–Crippen LogP) is 0.796. The first kappa shape index (κ1) is 14.2. The SMILES string of the molecule is NC(=O)CCCCCNC(=O)[CH]c1ccccn1. The zero-order chi connectivity index (χ0) is 13.2. The van der Waals surface area contributed by atoms with Gasteiger partial charge in [0.25, 0.3) is 0 Å². The van der Waals surface area contributed by atoms with Gasteiger partial charge in [0.2, 0.25) is 11.8 Å². The molecule has 0 atom stereocenters. The van der Waals surface area contributed by atoms with E-state index in [0.29, 0.717) is 18.7 Å². The Morgan fingerprint density at radius 3 is 2.78 bits per heavy atom. The molecule has 1 heterocycles. The normalized spacial score (nSPS) is 10.0. The van der Waals surface area contributed by atoms with E-state index in [1.807, 2.05) is 6.07 Å². The van der Waals surface area contributed by atoms with E-state index in [9.17, 15) is 9.59 Å². The number of rotatable bonds is 8. The van der Waals surface area contributed by atoms with Crippen LogP contribution in [0.1, 0.15) is 31.4 Å². The zero-order valence-corrected chi connectivity index (χ0v) is 10.3. The second-order valence-electron chi connectivity index (χ2n) is 3.97. The number of carbonyl (C=O) groups excluding carboxylic acids is 2. The topological polar surface area (TPSA) is 85.1 Å². The van der Waals surface area contributed by atoms with Gasteiger partial charge in [-0.15, -0.1) is 0 Å². The molecule has 0 aliphatic carbocycles. The van der Waals surface area contributed by atoms with Crippen molar-refractivity contribution in [1.82, 2.24) is 10.3 Å². The number of nitrogens with two attached hydrogens (primary N) is 1. The van der Waals surface area contributed by atoms with E-state index >= 15 is 0 Å². The molecule has 0 aliphatic rings. The van der Waals surface area contributed by atoms with Gasteiger partial charge in [0.15, 0.2) is 0 Å². The smallest absolute Gasteiger partial charge is 0.230 e. The molecule has 2 amide bonds. The maximum atomic E-state index is 11.5. The van der Waals surface area contributed by atoms with Gasteiger partial charge in [-0.25, -0.2) is 0 Å². The van der Waals surface area contributed by atoms with Gasteiger partial charge in [-0.3, -0.25) is 14.6 Å². The van der Waals surface area contributed by atoms with Gasteiger partial charge >= 0.3 is 0 Å². The summed E-state index contributed by atoms with van der Waals surface area (Å²) in [7, 11) is 0. The molecule has 0 unspecified atom stereocenters. The second-order valence-corrected chi connectivity index (χ2v) is 3.97. The number of hydrogen-bond donors (Lipinski definition) is 2. The first-order chi connectivity index (χ1) is 8.68. The molecule has 0 fully saturated rings. The van der Waals surface area contributed by atoms with Crippen molar-refractivity contribution in [3.8, 4) is 0 Å². The fourth-order valence-corrected chi connectivity index (χ4v) is 1.46. The van der Waals surface area contributed by atoms with Crippen LogP contribution in [0.3, 0.4) is 0 Å². The number of aromatic nitrogens is 1. The van der Waals surface area contributed by atoms with Crippen molar-refractivity contribution in [2.45, 2.75) is 25.7 Å². The van der Waals surface area contributed by atoms with Crippen molar-refractivity contribution in [2.24, 2.45) is 5.73 Å². The van der Waals surface area contributed by atoms with Crippen molar-refractivity contribution in [3.63, 3.8) is 0 Å². The summed E-state index contributed by atoms with van der Waals surface area (Å²) in [6, 6.07) is 5.40. The van der Waals surface area contributed by atoms with Crippen LogP contribution in [0.25, 0.3) is 0 Å². The number of pyridine rings is 1. The minimum Gasteiger partial charge on any atom is -0.370 e. The summed E-state index contributed by atoms with van der Waals surface area (Å²) in [5, 5.41) is 2.77. The Labute approximate surface area is 107 Å². The average Bonchev–Trinajstić information content (AvgIpc) is 2.34. The van der Waals surface area contributed by atoms with Gasteiger partial charge < -0.3 is 11.1 Å². The summed E-state index contributed by atoms with van der Waals surface area (Å²) in [5.74, 6) is -0.425. The molecule has 1 aromatic heterocycles. The molecule has 0 aromatic carbocycles. The van der Waals surface area contributed by atoms with Crippen LogP contribution in [-0.2, 0) is 9.59 Å². The quantitative estimate of drug-likeness (QED) is 0.667. The summed E-state index contributed by atoms with van der Waals surface area (Å²) in [4.78, 5) is 26.0. The lowest BCUT2D eigenvalue weighted by molar-refractivity contribution is -0.118. The van der Waals surface area contributed by atoms with Gasteiger partial charge in [0.1, 0.15) is 0 Å². The van der Waals surface area contributed by atoms with Crippen molar-refractivity contribution in [3.05, 3.63) is 36.5 Å². The molecule has 97 valence electrons. The fourth-order valence-electron chi connectivity index (χ4n) is 1.46. The van der Waals surface area contributed by atoms with E-state index in [2.05, 4.69) is 10.3 Å². The number of amides is 2. The minimum atomic E-state index is -0.275. The lowest BCUT2D eigenvalue weighted by atomic mass is 10.2. The highest BCUT2D eigenvalue weighted by atomic mass is 16.1. The number of hydrogen-bond acceptors (Lipinski definition) is 3. The zero-order valence-electron chi connectivity index (χ0n) is 10.3. The molecular formula is C13H18N3O2. The van der Waals surface area contributed by atoms with Crippen LogP contribution in [-0.4, -0.2) is 23.3 Å². The lowest BCUT2D eigenvalue weighted by Crippen LogP contribution is -2.25. The molecule has 0 saturated heterocycles. The molecule has 0 spiro atoms. The summed E-state index contributed by atoms with van der Waals surface area (Å²) < 4.78 is 0. The molecule has 3 N–H and O–H groups in total. The highest BCUT2D eigenvalue weighted by molar-refractivity contribution is 5.87. The number of nitrogens with zero attached hydrogens (tertiary/aromatic N) is 1. The first-order valence-electron chi connectivity index (χ1n) is 6.00. The molecule has 5 heteroatoms. The Bertz CT molecular complexity index is 379. The summed E-state index contributed by atoms with van der Waals surface area (Å²) in [6.45, 7) is 0.598. The number of primary amides is 1. The van der Waals surface area contributed by atoms with Gasteiger partial charge in [0, 0.05) is 19.2 Å².